The molecule has 0 spiro atoms. The number of carbonyl (C=O) groups is 1. The van der Waals surface area contributed by atoms with Gasteiger partial charge in [0.1, 0.15) is 22.8 Å². The summed E-state index contributed by atoms with van der Waals surface area (Å²) < 4.78 is 10.8. The molecule has 146 valence electrons. The molecule has 0 amide bonds. The van der Waals surface area contributed by atoms with E-state index in [4.69, 9.17) is 21.1 Å². The van der Waals surface area contributed by atoms with Crippen molar-refractivity contribution in [2.45, 2.75) is 6.42 Å². The summed E-state index contributed by atoms with van der Waals surface area (Å²) in [6.07, 6.45) is 5.71. The van der Waals surface area contributed by atoms with Gasteiger partial charge < -0.3 is 19.9 Å². The quantitative estimate of drug-likeness (QED) is 0.558. The van der Waals surface area contributed by atoms with E-state index in [2.05, 4.69) is 5.32 Å². The van der Waals surface area contributed by atoms with Crippen LogP contribution in [0.4, 0.5) is 0 Å². The molecule has 0 saturated carbocycles. The van der Waals surface area contributed by atoms with E-state index in [1.165, 1.54) is 20.3 Å². The number of hydrogen-bond acceptors (Lipinski definition) is 5. The Morgan fingerprint density at radius 2 is 1.96 bits per heavy atom. The Balaban J connectivity index is 2.07. The third kappa shape index (κ3) is 4.06. The maximum Gasteiger partial charge on any atom is 0.193 e. The zero-order chi connectivity index (χ0) is 20.1. The molecule has 3 rings (SSSR count). The summed E-state index contributed by atoms with van der Waals surface area (Å²) >= 11 is 6.14. The second-order valence-corrected chi connectivity index (χ2v) is 6.69. The van der Waals surface area contributed by atoms with E-state index in [0.29, 0.717) is 28.4 Å². The van der Waals surface area contributed by atoms with Gasteiger partial charge in [0.2, 0.25) is 0 Å². The number of hydrogen-bond donors (Lipinski definition) is 2. The van der Waals surface area contributed by atoms with Gasteiger partial charge in [0.25, 0.3) is 0 Å². The van der Waals surface area contributed by atoms with Crippen molar-refractivity contribution in [3.63, 3.8) is 0 Å². The average Bonchev–Trinajstić information content (AvgIpc) is 2.72. The predicted octanol–water partition coefficient (Wildman–Crippen LogP) is 4.34. The molecular formula is C22H22ClNO4. The highest BCUT2D eigenvalue weighted by Crippen LogP contribution is 2.43. The predicted molar refractivity (Wildman–Crippen MR) is 111 cm³/mol. The van der Waals surface area contributed by atoms with Crippen LogP contribution < -0.4 is 14.8 Å². The maximum atomic E-state index is 12.9. The van der Waals surface area contributed by atoms with E-state index >= 15 is 0 Å². The summed E-state index contributed by atoms with van der Waals surface area (Å²) in [5.41, 5.74) is 2.27. The van der Waals surface area contributed by atoms with E-state index in [-0.39, 0.29) is 22.8 Å². The average molecular weight is 400 g/mol. The highest BCUT2D eigenvalue weighted by Gasteiger charge is 2.25. The zero-order valence-electron chi connectivity index (χ0n) is 15.8. The number of methoxy groups -OCH3 is 2. The van der Waals surface area contributed by atoms with Crippen molar-refractivity contribution >= 4 is 29.0 Å². The highest BCUT2D eigenvalue weighted by molar-refractivity contribution is 6.32. The molecule has 0 bridgehead atoms. The lowest BCUT2D eigenvalue weighted by molar-refractivity contribution is 0.104. The maximum absolute atomic E-state index is 12.9. The first-order valence-corrected chi connectivity index (χ1v) is 9.29. The number of benzene rings is 2. The van der Waals surface area contributed by atoms with Crippen molar-refractivity contribution in [1.29, 1.82) is 0 Å². The van der Waals surface area contributed by atoms with Gasteiger partial charge in [-0.2, -0.15) is 0 Å². The zero-order valence-corrected chi connectivity index (χ0v) is 16.5. The van der Waals surface area contributed by atoms with Crippen LogP contribution in [0.2, 0.25) is 5.02 Å². The van der Waals surface area contributed by atoms with Crippen molar-refractivity contribution in [1.82, 2.24) is 5.32 Å². The Morgan fingerprint density at radius 3 is 2.61 bits per heavy atom. The van der Waals surface area contributed by atoms with Gasteiger partial charge in [0.15, 0.2) is 5.78 Å². The molecule has 28 heavy (non-hydrogen) atoms. The third-order valence-electron chi connectivity index (χ3n) is 4.62. The van der Waals surface area contributed by atoms with Crippen LogP contribution in [-0.2, 0) is 0 Å². The molecular weight excluding hydrogens is 378 g/mol. The minimum atomic E-state index is -0.382. The van der Waals surface area contributed by atoms with Crippen molar-refractivity contribution in [2.75, 3.05) is 27.3 Å². The van der Waals surface area contributed by atoms with Crippen LogP contribution in [0, 0.1) is 0 Å². The number of phenolic OH excluding ortho intramolecular Hbond substituents is 1. The Morgan fingerprint density at radius 1 is 1.21 bits per heavy atom. The van der Waals surface area contributed by atoms with Gasteiger partial charge in [-0.1, -0.05) is 35.9 Å². The first-order chi connectivity index (χ1) is 13.6. The summed E-state index contributed by atoms with van der Waals surface area (Å²) in [6.45, 7) is 1.48. The fourth-order valence-corrected chi connectivity index (χ4v) is 3.40. The fraction of sp³-hybridized carbons (Fsp3) is 0.227. The van der Waals surface area contributed by atoms with E-state index in [1.807, 2.05) is 24.3 Å². The van der Waals surface area contributed by atoms with Crippen LogP contribution in [0.1, 0.15) is 27.9 Å². The summed E-state index contributed by atoms with van der Waals surface area (Å²) in [6, 6.07) is 8.85. The largest absolute Gasteiger partial charge is 0.506 e. The number of aromatic hydroxyl groups is 1. The second-order valence-electron chi connectivity index (χ2n) is 6.28. The Hall–Kier alpha value is -2.76. The summed E-state index contributed by atoms with van der Waals surface area (Å²) in [4.78, 5) is 12.9. The highest BCUT2D eigenvalue weighted by atomic mass is 35.5. The molecule has 1 aliphatic heterocycles. The van der Waals surface area contributed by atoms with Gasteiger partial charge in [-0.05, 0) is 42.3 Å². The molecule has 0 radical (unpaired) electrons. The monoisotopic (exact) mass is 399 g/mol. The molecule has 0 fully saturated rings. The Kier molecular flexibility index (Phi) is 6.39. The Bertz CT molecular complexity index is 950. The van der Waals surface area contributed by atoms with Crippen LogP contribution in [0.5, 0.6) is 17.2 Å². The number of ketones is 1. The van der Waals surface area contributed by atoms with Crippen LogP contribution in [0.3, 0.4) is 0 Å². The molecule has 2 aromatic rings. The number of halogens is 1. The van der Waals surface area contributed by atoms with Crippen molar-refractivity contribution < 1.29 is 19.4 Å². The van der Waals surface area contributed by atoms with Crippen molar-refractivity contribution in [3.05, 3.63) is 64.2 Å². The van der Waals surface area contributed by atoms with Gasteiger partial charge >= 0.3 is 0 Å². The van der Waals surface area contributed by atoms with E-state index in [0.717, 1.165) is 18.5 Å². The first kappa shape index (κ1) is 20.0. The molecule has 2 aromatic carbocycles. The normalized spacial score (nSPS) is 14.0. The number of rotatable bonds is 6. The molecule has 2 N–H and O–H groups in total. The van der Waals surface area contributed by atoms with Crippen molar-refractivity contribution in [3.8, 4) is 17.2 Å². The SMILES string of the molecule is COc1cc(OC)c(C2=CCNCC2)c(O)c1C(=O)C=Cc1ccccc1Cl. The minimum Gasteiger partial charge on any atom is -0.506 e. The molecule has 0 unspecified atom stereocenters. The molecule has 0 atom stereocenters. The first-order valence-electron chi connectivity index (χ1n) is 8.91. The van der Waals surface area contributed by atoms with E-state index in [9.17, 15) is 9.90 Å². The molecule has 1 heterocycles. The molecule has 0 aliphatic carbocycles. The number of phenols is 1. The molecule has 1 aliphatic rings. The van der Waals surface area contributed by atoms with E-state index < -0.39 is 0 Å². The lowest BCUT2D eigenvalue weighted by Gasteiger charge is -2.20. The second kappa shape index (κ2) is 8.95. The van der Waals surface area contributed by atoms with Gasteiger partial charge in [-0.25, -0.2) is 0 Å². The smallest absolute Gasteiger partial charge is 0.193 e. The van der Waals surface area contributed by atoms with Crippen molar-refractivity contribution in [2.24, 2.45) is 0 Å². The van der Waals surface area contributed by atoms with Gasteiger partial charge in [-0.15, -0.1) is 0 Å². The van der Waals surface area contributed by atoms with Crippen LogP contribution in [0.15, 0.2) is 42.5 Å². The summed E-state index contributed by atoms with van der Waals surface area (Å²) in [5.74, 6) is 0.196. The van der Waals surface area contributed by atoms with Crippen LogP contribution in [-0.4, -0.2) is 38.2 Å². The molecule has 5 nitrogen and oxygen atoms in total. The fourth-order valence-electron chi connectivity index (χ4n) is 3.20. The number of carbonyl (C=O) groups excluding carboxylic acids is 1. The minimum absolute atomic E-state index is 0.0982. The van der Waals surface area contributed by atoms with Crippen LogP contribution >= 0.6 is 11.6 Å². The molecule has 0 saturated heterocycles. The summed E-state index contributed by atoms with van der Waals surface area (Å²) in [7, 11) is 2.98. The van der Waals surface area contributed by atoms with E-state index in [1.54, 1.807) is 18.2 Å². The topological polar surface area (TPSA) is 67.8 Å². The van der Waals surface area contributed by atoms with Gasteiger partial charge in [-0.3, -0.25) is 4.79 Å². The Labute approximate surface area is 169 Å². The third-order valence-corrected chi connectivity index (χ3v) is 4.96. The summed E-state index contributed by atoms with van der Waals surface area (Å²) in [5, 5.41) is 14.8. The number of nitrogens with one attached hydrogen (secondary N) is 1. The van der Waals surface area contributed by atoms with Crippen LogP contribution in [0.25, 0.3) is 11.6 Å². The molecule has 0 aromatic heterocycles. The molecule has 6 heteroatoms. The lowest BCUT2D eigenvalue weighted by atomic mass is 9.93. The number of ether oxygens (including phenoxy) is 2. The van der Waals surface area contributed by atoms with Gasteiger partial charge in [0.05, 0.1) is 19.8 Å². The standard InChI is InChI=1S/C22H22ClNO4/c1-27-18-13-19(28-2)21(22(26)20(18)15-9-11-24-12-10-15)17(25)8-7-14-5-3-4-6-16(14)23/h3-9,13,24,26H,10-12H2,1-2H3. The number of allylic oxidation sites excluding steroid dienone is 1. The van der Waals surface area contributed by atoms with Gasteiger partial charge in [0, 0.05) is 17.6 Å². The lowest BCUT2D eigenvalue weighted by Crippen LogP contribution is -2.20.